The minimum absolute atomic E-state index is 0.108. The second-order valence-electron chi connectivity index (χ2n) is 2.87. The van der Waals surface area contributed by atoms with Gasteiger partial charge in [-0.1, -0.05) is 6.08 Å². The zero-order valence-corrected chi connectivity index (χ0v) is 7.94. The Morgan fingerprint density at radius 2 is 2.50 bits per heavy atom. The third-order valence-corrected chi connectivity index (χ3v) is 2.70. The highest BCUT2D eigenvalue weighted by atomic mass is 32.2. The van der Waals surface area contributed by atoms with E-state index < -0.39 is 0 Å². The molecule has 1 aliphatic heterocycles. The normalized spacial score (nSPS) is 22.3. The molecule has 1 saturated heterocycles. The van der Waals surface area contributed by atoms with Crippen molar-refractivity contribution in [1.29, 1.82) is 0 Å². The van der Waals surface area contributed by atoms with Gasteiger partial charge < -0.3 is 4.74 Å². The van der Waals surface area contributed by atoms with Gasteiger partial charge in [-0.25, -0.2) is 4.79 Å². The van der Waals surface area contributed by atoms with Crippen LogP contribution in [0.3, 0.4) is 0 Å². The Kier molecular flexibility index (Phi) is 4.22. The molecule has 1 heterocycles. The van der Waals surface area contributed by atoms with Crippen LogP contribution in [-0.4, -0.2) is 17.2 Å². The van der Waals surface area contributed by atoms with Crippen LogP contribution in [0.2, 0.25) is 0 Å². The van der Waals surface area contributed by atoms with Gasteiger partial charge in [0.2, 0.25) is 0 Å². The summed E-state index contributed by atoms with van der Waals surface area (Å²) in [5.74, 6) is 0.840. The first-order valence-corrected chi connectivity index (χ1v) is 5.26. The van der Waals surface area contributed by atoms with Gasteiger partial charge in [-0.2, -0.15) is 0 Å². The van der Waals surface area contributed by atoms with Crippen LogP contribution in [0.15, 0.2) is 12.7 Å². The third kappa shape index (κ3) is 3.30. The fourth-order valence-corrected chi connectivity index (χ4v) is 1.93. The summed E-state index contributed by atoms with van der Waals surface area (Å²) in [6, 6.07) is 0. The van der Waals surface area contributed by atoms with E-state index in [9.17, 15) is 4.79 Å². The molecule has 0 amide bonds. The summed E-state index contributed by atoms with van der Waals surface area (Å²) >= 11 is 1.29. The standard InChI is InChI=1S/C9H14O2S/c1-2-3-4-5-6-8-7-12-9(10)11-8/h2,8H,1,3-7H2. The number of hydrogen-bond donors (Lipinski definition) is 0. The Morgan fingerprint density at radius 3 is 3.08 bits per heavy atom. The molecule has 2 nitrogen and oxygen atoms in total. The average molecular weight is 186 g/mol. The van der Waals surface area contributed by atoms with Gasteiger partial charge in [0.15, 0.2) is 0 Å². The fourth-order valence-electron chi connectivity index (χ4n) is 1.17. The Labute approximate surface area is 77.4 Å². The van der Waals surface area contributed by atoms with Crippen LogP contribution in [0.1, 0.15) is 25.7 Å². The maximum Gasteiger partial charge on any atom is 0.367 e. The fraction of sp³-hybridized carbons (Fsp3) is 0.667. The number of allylic oxidation sites excluding steroid dienone is 1. The minimum Gasteiger partial charge on any atom is -0.453 e. The number of carbonyl (C=O) groups is 1. The van der Waals surface area contributed by atoms with Crippen molar-refractivity contribution in [3.8, 4) is 0 Å². The monoisotopic (exact) mass is 186 g/mol. The van der Waals surface area contributed by atoms with E-state index in [0.717, 1.165) is 31.4 Å². The molecular formula is C9H14O2S. The van der Waals surface area contributed by atoms with E-state index in [1.54, 1.807) is 0 Å². The lowest BCUT2D eigenvalue weighted by atomic mass is 10.1. The molecule has 0 aromatic heterocycles. The second kappa shape index (κ2) is 5.25. The summed E-state index contributed by atoms with van der Waals surface area (Å²) in [6.07, 6.45) is 6.45. The van der Waals surface area contributed by atoms with Gasteiger partial charge in [0.1, 0.15) is 6.10 Å². The van der Waals surface area contributed by atoms with E-state index in [1.165, 1.54) is 11.8 Å². The van der Waals surface area contributed by atoms with Gasteiger partial charge >= 0.3 is 5.30 Å². The summed E-state index contributed by atoms with van der Waals surface area (Å²) in [6.45, 7) is 3.65. The van der Waals surface area contributed by atoms with Crippen molar-refractivity contribution in [2.75, 3.05) is 5.75 Å². The van der Waals surface area contributed by atoms with Gasteiger partial charge in [0, 0.05) is 5.75 Å². The van der Waals surface area contributed by atoms with Gasteiger partial charge in [-0.05, 0) is 37.4 Å². The Bertz CT molecular complexity index is 168. The van der Waals surface area contributed by atoms with Crippen molar-refractivity contribution < 1.29 is 9.53 Å². The maximum absolute atomic E-state index is 10.7. The van der Waals surface area contributed by atoms with E-state index in [0.29, 0.717) is 0 Å². The molecule has 0 radical (unpaired) electrons. The molecule has 1 atom stereocenters. The molecule has 0 aromatic carbocycles. The summed E-state index contributed by atoms with van der Waals surface area (Å²) < 4.78 is 5.04. The number of rotatable bonds is 5. The molecule has 1 rings (SSSR count). The molecule has 1 fully saturated rings. The summed E-state index contributed by atoms with van der Waals surface area (Å²) in [7, 11) is 0. The van der Waals surface area contributed by atoms with Gasteiger partial charge in [-0.15, -0.1) is 6.58 Å². The van der Waals surface area contributed by atoms with Crippen molar-refractivity contribution in [1.82, 2.24) is 0 Å². The maximum atomic E-state index is 10.7. The molecule has 68 valence electrons. The molecule has 0 bridgehead atoms. The Morgan fingerprint density at radius 1 is 1.67 bits per heavy atom. The van der Waals surface area contributed by atoms with E-state index in [-0.39, 0.29) is 11.4 Å². The number of carbonyl (C=O) groups excluding carboxylic acids is 1. The van der Waals surface area contributed by atoms with Crippen LogP contribution < -0.4 is 0 Å². The van der Waals surface area contributed by atoms with Crippen LogP contribution in [0, 0.1) is 0 Å². The van der Waals surface area contributed by atoms with Crippen LogP contribution in [-0.2, 0) is 4.74 Å². The molecule has 3 heteroatoms. The first-order chi connectivity index (χ1) is 5.83. The summed E-state index contributed by atoms with van der Waals surface area (Å²) in [4.78, 5) is 10.7. The Hall–Kier alpha value is -0.440. The average Bonchev–Trinajstić information content (AvgIpc) is 2.45. The second-order valence-corrected chi connectivity index (χ2v) is 3.83. The lowest BCUT2D eigenvalue weighted by Crippen LogP contribution is -2.08. The predicted molar refractivity (Wildman–Crippen MR) is 51.4 cm³/mol. The van der Waals surface area contributed by atoms with Crippen molar-refractivity contribution >= 4 is 17.1 Å². The molecule has 0 N–H and O–H groups in total. The molecule has 1 unspecified atom stereocenters. The quantitative estimate of drug-likeness (QED) is 0.375. The molecule has 1 aliphatic rings. The topological polar surface area (TPSA) is 26.3 Å². The molecule has 0 aromatic rings. The van der Waals surface area contributed by atoms with Crippen LogP contribution in [0.5, 0.6) is 0 Å². The first-order valence-electron chi connectivity index (χ1n) is 4.27. The SMILES string of the molecule is C=CCCCCC1CSC(=O)O1. The summed E-state index contributed by atoms with van der Waals surface area (Å²) in [5, 5.41) is -0.108. The van der Waals surface area contributed by atoms with Gasteiger partial charge in [0.05, 0.1) is 0 Å². The molecule has 0 spiro atoms. The van der Waals surface area contributed by atoms with Gasteiger partial charge in [0.25, 0.3) is 0 Å². The number of unbranched alkanes of at least 4 members (excludes halogenated alkanes) is 2. The van der Waals surface area contributed by atoms with Crippen molar-refractivity contribution in [2.45, 2.75) is 31.8 Å². The van der Waals surface area contributed by atoms with E-state index >= 15 is 0 Å². The zero-order valence-electron chi connectivity index (χ0n) is 7.12. The highest BCUT2D eigenvalue weighted by Gasteiger charge is 2.23. The third-order valence-electron chi connectivity index (χ3n) is 1.83. The first kappa shape index (κ1) is 9.65. The number of ether oxygens (including phenoxy) is 1. The van der Waals surface area contributed by atoms with Crippen molar-refractivity contribution in [3.05, 3.63) is 12.7 Å². The largest absolute Gasteiger partial charge is 0.453 e. The number of hydrogen-bond acceptors (Lipinski definition) is 3. The number of thioether (sulfide) groups is 1. The van der Waals surface area contributed by atoms with E-state index in [4.69, 9.17) is 4.74 Å². The lowest BCUT2D eigenvalue weighted by molar-refractivity contribution is 0.137. The zero-order chi connectivity index (χ0) is 8.81. The van der Waals surface area contributed by atoms with Crippen molar-refractivity contribution in [3.63, 3.8) is 0 Å². The van der Waals surface area contributed by atoms with Crippen LogP contribution in [0.25, 0.3) is 0 Å². The van der Waals surface area contributed by atoms with E-state index in [1.807, 2.05) is 6.08 Å². The Balaban J connectivity index is 2.00. The van der Waals surface area contributed by atoms with Crippen LogP contribution in [0.4, 0.5) is 4.79 Å². The van der Waals surface area contributed by atoms with E-state index in [2.05, 4.69) is 6.58 Å². The number of cyclic esters (lactones) is 1. The summed E-state index contributed by atoms with van der Waals surface area (Å²) in [5.41, 5.74) is 0. The highest BCUT2D eigenvalue weighted by molar-refractivity contribution is 8.13. The van der Waals surface area contributed by atoms with Gasteiger partial charge in [-0.3, -0.25) is 0 Å². The molecule has 0 saturated carbocycles. The smallest absolute Gasteiger partial charge is 0.367 e. The van der Waals surface area contributed by atoms with Crippen molar-refractivity contribution in [2.24, 2.45) is 0 Å². The van der Waals surface area contributed by atoms with Crippen LogP contribution >= 0.6 is 11.8 Å². The highest BCUT2D eigenvalue weighted by Crippen LogP contribution is 2.23. The molecule has 0 aliphatic carbocycles. The molecule has 12 heavy (non-hydrogen) atoms. The molecular weight excluding hydrogens is 172 g/mol. The lowest BCUT2D eigenvalue weighted by Gasteiger charge is -2.06. The minimum atomic E-state index is -0.108. The predicted octanol–water partition coefficient (Wildman–Crippen LogP) is 2.98.